The van der Waals surface area contributed by atoms with Crippen LogP contribution in [-0.2, 0) is 4.84 Å². The lowest BCUT2D eigenvalue weighted by Gasteiger charge is -2.34. The lowest BCUT2D eigenvalue weighted by Crippen LogP contribution is -2.32. The van der Waals surface area contributed by atoms with E-state index in [1.54, 1.807) is 31.4 Å². The van der Waals surface area contributed by atoms with Crippen LogP contribution in [0.5, 0.6) is 5.75 Å². The van der Waals surface area contributed by atoms with E-state index in [1.807, 2.05) is 0 Å². The molecule has 2 aliphatic carbocycles. The molecule has 4 nitrogen and oxygen atoms in total. The number of methoxy groups -OCH3 is 1. The third-order valence-electron chi connectivity index (χ3n) is 6.06. The highest BCUT2D eigenvalue weighted by Crippen LogP contribution is 2.63. The minimum atomic E-state index is -0.435. The molecule has 0 saturated heterocycles. The molecule has 0 spiro atoms. The Morgan fingerprint density at radius 3 is 2.68 bits per heavy atom. The van der Waals surface area contributed by atoms with Crippen molar-refractivity contribution in [3.8, 4) is 5.75 Å². The van der Waals surface area contributed by atoms with Crippen LogP contribution < -0.4 is 4.74 Å². The van der Waals surface area contributed by atoms with Crippen molar-refractivity contribution in [1.29, 1.82) is 0 Å². The van der Waals surface area contributed by atoms with Crippen molar-refractivity contribution < 1.29 is 14.4 Å². The molecular formula is C18H23NO3. The van der Waals surface area contributed by atoms with Crippen molar-refractivity contribution in [3.05, 3.63) is 29.8 Å². The van der Waals surface area contributed by atoms with Gasteiger partial charge in [0.25, 0.3) is 0 Å². The van der Waals surface area contributed by atoms with Crippen LogP contribution in [0.3, 0.4) is 0 Å². The average Bonchev–Trinajstić information content (AvgIpc) is 2.85. The van der Waals surface area contributed by atoms with Crippen LogP contribution in [0.25, 0.3) is 0 Å². The van der Waals surface area contributed by atoms with E-state index in [-0.39, 0.29) is 10.8 Å². The third-order valence-corrected chi connectivity index (χ3v) is 6.06. The molecular weight excluding hydrogens is 278 g/mol. The van der Waals surface area contributed by atoms with E-state index < -0.39 is 5.97 Å². The number of hydrogen-bond acceptors (Lipinski definition) is 4. The van der Waals surface area contributed by atoms with E-state index in [0.29, 0.717) is 17.2 Å². The van der Waals surface area contributed by atoms with E-state index in [2.05, 4.69) is 25.9 Å². The molecule has 0 N–H and O–H groups in total. The highest BCUT2D eigenvalue weighted by atomic mass is 16.7. The van der Waals surface area contributed by atoms with E-state index in [1.165, 1.54) is 6.42 Å². The predicted molar refractivity (Wildman–Crippen MR) is 85.1 cm³/mol. The van der Waals surface area contributed by atoms with Gasteiger partial charge in [-0.05, 0) is 48.8 Å². The van der Waals surface area contributed by atoms with Crippen LogP contribution in [0.4, 0.5) is 0 Å². The summed E-state index contributed by atoms with van der Waals surface area (Å²) in [5.74, 6) is 0.845. The summed E-state index contributed by atoms with van der Waals surface area (Å²) in [6.45, 7) is 6.85. The van der Waals surface area contributed by atoms with Gasteiger partial charge in [-0.25, -0.2) is 4.79 Å². The Bertz CT molecular complexity index is 635. The van der Waals surface area contributed by atoms with Gasteiger partial charge in [-0.3, -0.25) is 0 Å². The molecule has 22 heavy (non-hydrogen) atoms. The number of ether oxygens (including phenoxy) is 1. The largest absolute Gasteiger partial charge is 0.497 e. The van der Waals surface area contributed by atoms with Crippen LogP contribution >= 0.6 is 0 Å². The fraction of sp³-hybridized carbons (Fsp3) is 0.556. The molecule has 2 atom stereocenters. The second-order valence-corrected chi connectivity index (χ2v) is 7.14. The van der Waals surface area contributed by atoms with E-state index in [9.17, 15) is 4.79 Å². The fourth-order valence-corrected chi connectivity index (χ4v) is 3.97. The maximum atomic E-state index is 12.2. The molecule has 0 aliphatic heterocycles. The minimum absolute atomic E-state index is 0.0479. The SMILES string of the molecule is COc1cccc(C(=O)O/N=C2\CC3CCC2(C)C3(C)C)c1. The lowest BCUT2D eigenvalue weighted by molar-refractivity contribution is 0.0508. The van der Waals surface area contributed by atoms with Crippen molar-refractivity contribution in [2.75, 3.05) is 7.11 Å². The van der Waals surface area contributed by atoms with Crippen LogP contribution in [0.1, 0.15) is 50.4 Å². The number of benzene rings is 1. The highest BCUT2D eigenvalue weighted by molar-refractivity contribution is 5.95. The summed E-state index contributed by atoms with van der Waals surface area (Å²) in [4.78, 5) is 17.4. The summed E-state index contributed by atoms with van der Waals surface area (Å²) in [6.07, 6.45) is 3.31. The van der Waals surface area contributed by atoms with E-state index in [0.717, 1.165) is 18.6 Å². The molecule has 4 heteroatoms. The predicted octanol–water partition coefficient (Wildman–Crippen LogP) is 4.05. The Morgan fingerprint density at radius 2 is 2.09 bits per heavy atom. The van der Waals surface area contributed by atoms with E-state index >= 15 is 0 Å². The molecule has 3 rings (SSSR count). The zero-order chi connectivity index (χ0) is 16.0. The standard InChI is InChI=1S/C18H23NO3/c1-17(2)13-8-9-18(17,3)15(11-13)19-22-16(20)12-6-5-7-14(10-12)21-4/h5-7,10,13H,8-9,11H2,1-4H3/b19-15+. The van der Waals surface area contributed by atoms with Crippen LogP contribution in [-0.4, -0.2) is 18.8 Å². The van der Waals surface area contributed by atoms with Gasteiger partial charge in [0.1, 0.15) is 5.75 Å². The number of hydrogen-bond donors (Lipinski definition) is 0. The second kappa shape index (κ2) is 5.11. The summed E-state index contributed by atoms with van der Waals surface area (Å²) in [5.41, 5.74) is 1.77. The Balaban J connectivity index is 1.76. The fourth-order valence-electron chi connectivity index (χ4n) is 3.97. The molecule has 0 amide bonds. The number of nitrogens with zero attached hydrogens (tertiary/aromatic N) is 1. The molecule has 2 unspecified atom stereocenters. The van der Waals surface area contributed by atoms with Gasteiger partial charge in [0, 0.05) is 5.41 Å². The highest BCUT2D eigenvalue weighted by Gasteiger charge is 2.60. The van der Waals surface area contributed by atoms with Crippen molar-refractivity contribution >= 4 is 11.7 Å². The van der Waals surface area contributed by atoms with Gasteiger partial charge in [0.2, 0.25) is 0 Å². The average molecular weight is 301 g/mol. The number of rotatable bonds is 3. The first-order valence-electron chi connectivity index (χ1n) is 7.81. The van der Waals surface area contributed by atoms with Crippen molar-refractivity contribution in [3.63, 3.8) is 0 Å². The molecule has 1 aromatic rings. The topological polar surface area (TPSA) is 47.9 Å². The molecule has 0 aromatic heterocycles. The van der Waals surface area contributed by atoms with Gasteiger partial charge < -0.3 is 9.57 Å². The Morgan fingerprint density at radius 1 is 1.32 bits per heavy atom. The Hall–Kier alpha value is -1.84. The molecule has 2 aliphatic rings. The van der Waals surface area contributed by atoms with Crippen LogP contribution in [0, 0.1) is 16.7 Å². The first-order valence-corrected chi connectivity index (χ1v) is 7.81. The molecule has 2 saturated carbocycles. The minimum Gasteiger partial charge on any atom is -0.497 e. The quantitative estimate of drug-likeness (QED) is 0.625. The van der Waals surface area contributed by atoms with E-state index in [4.69, 9.17) is 9.57 Å². The second-order valence-electron chi connectivity index (χ2n) is 7.14. The first kappa shape index (κ1) is 15.1. The summed E-state index contributed by atoms with van der Waals surface area (Å²) >= 11 is 0. The van der Waals surface area contributed by atoms with Crippen LogP contribution in [0.15, 0.2) is 29.4 Å². The third kappa shape index (κ3) is 2.13. The zero-order valence-corrected chi connectivity index (χ0v) is 13.7. The summed E-state index contributed by atoms with van der Waals surface area (Å²) in [5, 5.41) is 4.23. The Labute approximate surface area is 131 Å². The zero-order valence-electron chi connectivity index (χ0n) is 13.7. The van der Waals surface area contributed by atoms with Crippen molar-refractivity contribution in [2.24, 2.45) is 21.9 Å². The van der Waals surface area contributed by atoms with Gasteiger partial charge in [0.05, 0.1) is 18.4 Å². The van der Waals surface area contributed by atoms with Crippen molar-refractivity contribution in [1.82, 2.24) is 0 Å². The number of oxime groups is 1. The summed E-state index contributed by atoms with van der Waals surface area (Å²) < 4.78 is 5.12. The normalized spacial score (nSPS) is 30.5. The van der Waals surface area contributed by atoms with Gasteiger partial charge >= 0.3 is 5.97 Å². The monoisotopic (exact) mass is 301 g/mol. The molecule has 2 fully saturated rings. The first-order chi connectivity index (χ1) is 10.4. The summed E-state index contributed by atoms with van der Waals surface area (Å²) in [7, 11) is 1.57. The maximum Gasteiger partial charge on any atom is 0.365 e. The van der Waals surface area contributed by atoms with Gasteiger partial charge in [-0.2, -0.15) is 0 Å². The van der Waals surface area contributed by atoms with Crippen molar-refractivity contribution in [2.45, 2.75) is 40.0 Å². The molecule has 0 radical (unpaired) electrons. The van der Waals surface area contributed by atoms with Gasteiger partial charge in [0.15, 0.2) is 0 Å². The number of carbonyl (C=O) groups excluding carboxylic acids is 1. The molecule has 0 heterocycles. The molecule has 118 valence electrons. The van der Waals surface area contributed by atoms with Crippen LogP contribution in [0.2, 0.25) is 0 Å². The van der Waals surface area contributed by atoms with Gasteiger partial charge in [-0.1, -0.05) is 32.0 Å². The molecule has 1 aromatic carbocycles. The maximum absolute atomic E-state index is 12.2. The summed E-state index contributed by atoms with van der Waals surface area (Å²) in [6, 6.07) is 6.93. The Kier molecular flexibility index (Phi) is 3.50. The number of fused-ring (bicyclic) bond motifs is 2. The molecule has 2 bridgehead atoms. The number of carbonyl (C=O) groups is 1. The lowest BCUT2D eigenvalue weighted by atomic mass is 9.70. The van der Waals surface area contributed by atoms with Gasteiger partial charge in [-0.15, -0.1) is 0 Å². The smallest absolute Gasteiger partial charge is 0.365 e.